The number of hydrogen-bond donors (Lipinski definition) is 0. The average molecular weight is 716 g/mol. The fraction of sp³-hybridized carbons (Fsp3) is 0.0196. The molecule has 8 aromatic carbocycles. The van der Waals surface area contributed by atoms with E-state index in [4.69, 9.17) is 18.8 Å². The lowest BCUT2D eigenvalue weighted by Gasteiger charge is -2.19. The third kappa shape index (κ3) is 4.09. The molecule has 5 heteroatoms. The molecule has 0 fully saturated rings. The summed E-state index contributed by atoms with van der Waals surface area (Å²) in [4.78, 5) is 11.2. The summed E-state index contributed by atoms with van der Waals surface area (Å²) < 4.78 is 16.0. The highest BCUT2D eigenvalue weighted by atomic mass is 16.3. The van der Waals surface area contributed by atoms with Gasteiger partial charge in [0.15, 0.2) is 5.82 Å². The van der Waals surface area contributed by atoms with Crippen LogP contribution in [0.25, 0.3) is 116 Å². The van der Waals surface area contributed by atoms with Gasteiger partial charge in [-0.05, 0) is 64.9 Å². The molecule has 56 heavy (non-hydrogen) atoms. The third-order valence-corrected chi connectivity index (χ3v) is 11.8. The molecule has 12 aromatic rings. The lowest BCUT2D eigenvalue weighted by molar-refractivity contribution is 0.669. The highest BCUT2D eigenvalue weighted by Gasteiger charge is 2.29. The second-order valence-corrected chi connectivity index (χ2v) is 14.9. The lowest BCUT2D eigenvalue weighted by atomic mass is 9.92. The van der Waals surface area contributed by atoms with Crippen molar-refractivity contribution in [3.63, 3.8) is 0 Å². The van der Waals surface area contributed by atoms with Crippen LogP contribution in [0.5, 0.6) is 0 Å². The summed E-state index contributed by atoms with van der Waals surface area (Å²) in [7, 11) is 0. The van der Waals surface area contributed by atoms with Crippen molar-refractivity contribution in [1.82, 2.24) is 14.5 Å². The average Bonchev–Trinajstić information content (AvgIpc) is 3.92. The Balaban J connectivity index is 1.23. The van der Waals surface area contributed by atoms with E-state index in [0.717, 1.165) is 94.2 Å². The minimum Gasteiger partial charge on any atom is -0.455 e. The maximum atomic E-state index is 6.97. The molecule has 4 aromatic heterocycles. The summed E-state index contributed by atoms with van der Waals surface area (Å²) >= 11 is 0. The van der Waals surface area contributed by atoms with Gasteiger partial charge in [0.05, 0.1) is 39.2 Å². The number of fused-ring (bicyclic) bond motifs is 16. The van der Waals surface area contributed by atoms with Gasteiger partial charge in [0.25, 0.3) is 0 Å². The second kappa shape index (κ2) is 11.0. The SMILES string of the molecule is c1ccc(-c2nc(-c3cccc4c3oc3ccccc34)nc3c2Cc2ccc4c5cc6ccccc6cc5n(c4c2)-c2ccc4c(oc5ccccc54)c2-3)cc1. The van der Waals surface area contributed by atoms with E-state index in [0.29, 0.717) is 12.2 Å². The summed E-state index contributed by atoms with van der Waals surface area (Å²) in [5.41, 5.74) is 13.4. The number of furan rings is 2. The maximum Gasteiger partial charge on any atom is 0.164 e. The van der Waals surface area contributed by atoms with Gasteiger partial charge in [0, 0.05) is 49.9 Å². The fourth-order valence-corrected chi connectivity index (χ4v) is 9.25. The molecular weight excluding hydrogens is 687 g/mol. The van der Waals surface area contributed by atoms with Gasteiger partial charge in [-0.25, -0.2) is 9.97 Å². The van der Waals surface area contributed by atoms with Crippen LogP contribution in [0.15, 0.2) is 173 Å². The molecule has 0 saturated heterocycles. The molecule has 5 nitrogen and oxygen atoms in total. The highest BCUT2D eigenvalue weighted by Crippen LogP contribution is 2.47. The molecule has 0 atom stereocenters. The van der Waals surface area contributed by atoms with Crippen LogP contribution >= 0.6 is 0 Å². The summed E-state index contributed by atoms with van der Waals surface area (Å²) in [5.74, 6) is 0.603. The van der Waals surface area contributed by atoms with E-state index in [1.165, 1.54) is 27.1 Å². The van der Waals surface area contributed by atoms with E-state index in [9.17, 15) is 0 Å². The summed E-state index contributed by atoms with van der Waals surface area (Å²) in [5, 5.41) is 9.07. The van der Waals surface area contributed by atoms with Crippen molar-refractivity contribution in [3.05, 3.63) is 175 Å². The molecule has 0 saturated carbocycles. The van der Waals surface area contributed by atoms with Gasteiger partial charge in [0.2, 0.25) is 0 Å². The Kier molecular flexibility index (Phi) is 5.89. The van der Waals surface area contributed by atoms with Gasteiger partial charge in [-0.3, -0.25) is 0 Å². The Hall–Kier alpha value is -7.50. The quantitative estimate of drug-likeness (QED) is 0.179. The number of para-hydroxylation sites is 3. The Morgan fingerprint density at radius 1 is 0.464 bits per heavy atom. The van der Waals surface area contributed by atoms with Crippen molar-refractivity contribution in [3.8, 4) is 39.6 Å². The normalized spacial score (nSPS) is 12.6. The first kappa shape index (κ1) is 29.9. The Bertz CT molecular complexity index is 3630. The monoisotopic (exact) mass is 715 g/mol. The topological polar surface area (TPSA) is 57.0 Å². The molecule has 0 unspecified atom stereocenters. The van der Waals surface area contributed by atoms with Crippen LogP contribution in [0.1, 0.15) is 11.1 Å². The first-order valence-electron chi connectivity index (χ1n) is 19.0. The summed E-state index contributed by atoms with van der Waals surface area (Å²) in [6, 6.07) is 58.0. The number of aromatic nitrogens is 3. The zero-order valence-electron chi connectivity index (χ0n) is 30.0. The van der Waals surface area contributed by atoms with Gasteiger partial charge in [-0.15, -0.1) is 0 Å². The van der Waals surface area contributed by atoms with Crippen molar-refractivity contribution in [2.24, 2.45) is 0 Å². The molecule has 0 amide bonds. The van der Waals surface area contributed by atoms with Crippen LogP contribution in [-0.4, -0.2) is 14.5 Å². The zero-order chi connectivity index (χ0) is 36.5. The van der Waals surface area contributed by atoms with E-state index in [-0.39, 0.29) is 0 Å². The van der Waals surface area contributed by atoms with E-state index in [1.54, 1.807) is 0 Å². The number of hydrogen-bond acceptors (Lipinski definition) is 4. The molecule has 1 aliphatic rings. The Morgan fingerprint density at radius 3 is 1.93 bits per heavy atom. The predicted octanol–water partition coefficient (Wildman–Crippen LogP) is 13.4. The van der Waals surface area contributed by atoms with E-state index >= 15 is 0 Å². The Morgan fingerprint density at radius 2 is 1.11 bits per heavy atom. The molecule has 13 rings (SSSR count). The van der Waals surface area contributed by atoms with Crippen molar-refractivity contribution in [2.45, 2.75) is 6.42 Å². The van der Waals surface area contributed by atoms with Gasteiger partial charge < -0.3 is 13.4 Å². The van der Waals surface area contributed by atoms with Gasteiger partial charge in [0.1, 0.15) is 22.3 Å². The first-order valence-corrected chi connectivity index (χ1v) is 19.0. The molecule has 260 valence electrons. The third-order valence-electron chi connectivity index (χ3n) is 11.8. The van der Waals surface area contributed by atoms with Gasteiger partial charge in [-0.1, -0.05) is 115 Å². The molecule has 0 N–H and O–H groups in total. The number of nitrogens with zero attached hydrogens (tertiary/aromatic N) is 3. The smallest absolute Gasteiger partial charge is 0.164 e. The minimum absolute atomic E-state index is 0.603. The van der Waals surface area contributed by atoms with Crippen LogP contribution in [0, 0.1) is 0 Å². The lowest BCUT2D eigenvalue weighted by Crippen LogP contribution is -2.06. The summed E-state index contributed by atoms with van der Waals surface area (Å²) in [6.45, 7) is 0. The van der Waals surface area contributed by atoms with Crippen LogP contribution in [0.4, 0.5) is 0 Å². The van der Waals surface area contributed by atoms with E-state index < -0.39 is 0 Å². The van der Waals surface area contributed by atoms with Crippen LogP contribution < -0.4 is 0 Å². The molecule has 0 radical (unpaired) electrons. The standard InChI is InChI=1S/C51H29N3O2/c1-2-11-30(12-3-1)47-40-25-29-21-22-33-39-27-31-13-4-5-14-32(31)28-43(39)54(42(33)26-29)41-24-23-37-35-16-7-9-20-45(35)56-50(37)46(41)48(40)53-51(52-47)38-18-10-17-36-34-15-6-8-19-44(34)55-49(36)38/h1-24,26-28H,25H2. The van der Waals surface area contributed by atoms with Crippen molar-refractivity contribution in [1.29, 1.82) is 0 Å². The Labute approximate surface area is 319 Å². The van der Waals surface area contributed by atoms with Gasteiger partial charge in [-0.2, -0.15) is 0 Å². The van der Waals surface area contributed by atoms with E-state index in [1.807, 2.05) is 18.2 Å². The molecule has 2 bridgehead atoms. The van der Waals surface area contributed by atoms with E-state index in [2.05, 4.69) is 150 Å². The maximum absolute atomic E-state index is 6.97. The predicted molar refractivity (Wildman–Crippen MR) is 228 cm³/mol. The van der Waals surface area contributed by atoms with Crippen LogP contribution in [0.3, 0.4) is 0 Å². The van der Waals surface area contributed by atoms with Crippen molar-refractivity contribution >= 4 is 76.5 Å². The first-order chi connectivity index (χ1) is 27.7. The van der Waals surface area contributed by atoms with Crippen molar-refractivity contribution in [2.75, 3.05) is 0 Å². The van der Waals surface area contributed by atoms with Crippen LogP contribution in [-0.2, 0) is 6.42 Å². The highest BCUT2D eigenvalue weighted by molar-refractivity contribution is 6.17. The zero-order valence-corrected chi connectivity index (χ0v) is 30.0. The molecule has 0 aliphatic carbocycles. The minimum atomic E-state index is 0.603. The number of rotatable bonds is 2. The molecule has 1 aliphatic heterocycles. The number of benzene rings is 8. The summed E-state index contributed by atoms with van der Waals surface area (Å²) in [6.07, 6.45) is 0.629. The second-order valence-electron chi connectivity index (χ2n) is 14.9. The van der Waals surface area contributed by atoms with Crippen molar-refractivity contribution < 1.29 is 8.83 Å². The van der Waals surface area contributed by atoms with Gasteiger partial charge >= 0.3 is 0 Å². The van der Waals surface area contributed by atoms with Crippen LogP contribution in [0.2, 0.25) is 0 Å². The fourth-order valence-electron chi connectivity index (χ4n) is 9.25. The molecule has 0 spiro atoms. The molecule has 5 heterocycles. The molecular formula is C51H29N3O2. The largest absolute Gasteiger partial charge is 0.455 e.